The first-order valence-electron chi connectivity index (χ1n) is 8.63. The predicted octanol–water partition coefficient (Wildman–Crippen LogP) is 3.44. The number of nitrogens with zero attached hydrogens (tertiary/aromatic N) is 3. The number of rotatable bonds is 5. The Kier molecular flexibility index (Phi) is 4.37. The number of aryl methyl sites for hydroxylation is 1. The summed E-state index contributed by atoms with van der Waals surface area (Å²) in [4.78, 5) is 13.5. The lowest BCUT2D eigenvalue weighted by molar-refractivity contribution is 0.416. The molecule has 27 heavy (non-hydrogen) atoms. The van der Waals surface area contributed by atoms with Crippen molar-refractivity contribution in [2.24, 2.45) is 0 Å². The Labute approximate surface area is 157 Å². The van der Waals surface area contributed by atoms with Gasteiger partial charge in [-0.1, -0.05) is 0 Å². The molecule has 0 fully saturated rings. The molecule has 8 nitrogen and oxygen atoms in total. The molecule has 138 valence electrons. The molecule has 1 aromatic carbocycles. The molecule has 0 amide bonds. The maximum atomic E-state index is 5.53. The second kappa shape index (κ2) is 6.99. The Morgan fingerprint density at radius 2 is 1.93 bits per heavy atom. The van der Waals surface area contributed by atoms with Gasteiger partial charge >= 0.3 is 0 Å². The van der Waals surface area contributed by atoms with Gasteiger partial charge in [-0.05, 0) is 31.2 Å². The van der Waals surface area contributed by atoms with Gasteiger partial charge in [0.2, 0.25) is 5.95 Å². The lowest BCUT2D eigenvalue weighted by atomic mass is 10.1. The molecular weight excluding hydrogens is 342 g/mol. The summed E-state index contributed by atoms with van der Waals surface area (Å²) in [6.45, 7) is 2.64. The van der Waals surface area contributed by atoms with Crippen LogP contribution in [0.3, 0.4) is 0 Å². The van der Waals surface area contributed by atoms with Crippen LogP contribution in [0.1, 0.15) is 5.69 Å². The average Bonchev–Trinajstić information content (AvgIpc) is 3.15. The molecule has 0 spiro atoms. The second-order valence-electron chi connectivity index (χ2n) is 6.15. The molecule has 4 N–H and O–H groups in total. The van der Waals surface area contributed by atoms with Gasteiger partial charge in [-0.25, -0.2) is 4.98 Å². The van der Waals surface area contributed by atoms with Crippen LogP contribution in [0.4, 0.5) is 28.8 Å². The first-order valence-corrected chi connectivity index (χ1v) is 8.63. The molecule has 3 aromatic rings. The maximum absolute atomic E-state index is 5.53. The molecule has 4 rings (SSSR count). The Balaban J connectivity index is 1.70. The van der Waals surface area contributed by atoms with Gasteiger partial charge in [0, 0.05) is 30.1 Å². The van der Waals surface area contributed by atoms with Crippen LogP contribution in [0.25, 0.3) is 11.3 Å². The van der Waals surface area contributed by atoms with E-state index >= 15 is 0 Å². The molecule has 3 heterocycles. The van der Waals surface area contributed by atoms with E-state index in [1.807, 2.05) is 50.5 Å². The molecule has 0 unspecified atom stereocenters. The van der Waals surface area contributed by atoms with E-state index in [4.69, 9.17) is 4.74 Å². The van der Waals surface area contributed by atoms with Crippen molar-refractivity contribution in [3.63, 3.8) is 0 Å². The van der Waals surface area contributed by atoms with E-state index in [9.17, 15) is 0 Å². The summed E-state index contributed by atoms with van der Waals surface area (Å²) in [6, 6.07) is 9.73. The van der Waals surface area contributed by atoms with E-state index in [1.54, 1.807) is 7.11 Å². The van der Waals surface area contributed by atoms with Crippen LogP contribution < -0.4 is 26.0 Å². The molecule has 0 saturated heterocycles. The van der Waals surface area contributed by atoms with E-state index in [1.165, 1.54) is 0 Å². The normalized spacial score (nSPS) is 12.0. The van der Waals surface area contributed by atoms with E-state index in [0.717, 1.165) is 45.6 Å². The number of benzene rings is 1. The van der Waals surface area contributed by atoms with Gasteiger partial charge in [0.15, 0.2) is 0 Å². The molecule has 2 aromatic heterocycles. The minimum Gasteiger partial charge on any atom is -0.496 e. The lowest BCUT2D eigenvalue weighted by Gasteiger charge is -2.13. The van der Waals surface area contributed by atoms with Gasteiger partial charge in [0.25, 0.3) is 0 Å². The smallest absolute Gasteiger partial charge is 0.229 e. The zero-order chi connectivity index (χ0) is 18.8. The van der Waals surface area contributed by atoms with Gasteiger partial charge in [0.05, 0.1) is 37.0 Å². The van der Waals surface area contributed by atoms with Crippen molar-refractivity contribution in [2.45, 2.75) is 6.92 Å². The van der Waals surface area contributed by atoms with Crippen LogP contribution >= 0.6 is 0 Å². The zero-order valence-electron chi connectivity index (χ0n) is 15.4. The summed E-state index contributed by atoms with van der Waals surface area (Å²) < 4.78 is 5.53. The van der Waals surface area contributed by atoms with Crippen molar-refractivity contribution in [1.29, 1.82) is 0 Å². The molecule has 0 aliphatic carbocycles. The molecule has 0 atom stereocenters. The molecule has 8 heteroatoms. The van der Waals surface area contributed by atoms with E-state index in [0.29, 0.717) is 12.6 Å². The third-order valence-electron chi connectivity index (χ3n) is 4.30. The quantitative estimate of drug-likeness (QED) is 0.547. The van der Waals surface area contributed by atoms with Crippen LogP contribution in [0.2, 0.25) is 0 Å². The summed E-state index contributed by atoms with van der Waals surface area (Å²) in [5.41, 5.74) is 5.48. The van der Waals surface area contributed by atoms with Crippen LogP contribution in [0.5, 0.6) is 5.75 Å². The average molecular weight is 363 g/mol. The minimum absolute atomic E-state index is 0.531. The van der Waals surface area contributed by atoms with E-state index in [-0.39, 0.29) is 0 Å². The van der Waals surface area contributed by atoms with Crippen LogP contribution in [0, 0.1) is 6.92 Å². The molecule has 1 aliphatic rings. The third kappa shape index (κ3) is 3.41. The topological polar surface area (TPSA) is 96.0 Å². The Morgan fingerprint density at radius 3 is 2.74 bits per heavy atom. The highest BCUT2D eigenvalue weighted by Gasteiger charge is 2.15. The first kappa shape index (κ1) is 16.9. The van der Waals surface area contributed by atoms with Gasteiger partial charge in [-0.3, -0.25) is 4.98 Å². The van der Waals surface area contributed by atoms with Gasteiger partial charge in [-0.2, -0.15) is 4.98 Å². The fourth-order valence-corrected chi connectivity index (χ4v) is 2.99. The number of anilines is 5. The van der Waals surface area contributed by atoms with Gasteiger partial charge < -0.3 is 26.0 Å². The Morgan fingerprint density at radius 1 is 1.07 bits per heavy atom. The third-order valence-corrected chi connectivity index (χ3v) is 4.30. The van der Waals surface area contributed by atoms with Crippen molar-refractivity contribution < 1.29 is 4.74 Å². The number of nitrogens with one attached hydrogen (secondary N) is 4. The highest BCUT2D eigenvalue weighted by molar-refractivity contribution is 5.80. The van der Waals surface area contributed by atoms with Gasteiger partial charge in [0.1, 0.15) is 11.6 Å². The molecule has 0 radical (unpaired) electrons. The molecular formula is C19H21N7O. The zero-order valence-corrected chi connectivity index (χ0v) is 15.4. The summed E-state index contributed by atoms with van der Waals surface area (Å²) in [6.07, 6.45) is 1.83. The predicted molar refractivity (Wildman–Crippen MR) is 108 cm³/mol. The first-order chi connectivity index (χ1) is 13.2. The van der Waals surface area contributed by atoms with E-state index < -0.39 is 0 Å². The highest BCUT2D eigenvalue weighted by atomic mass is 16.5. The number of ether oxygens (including phenoxy) is 1. The van der Waals surface area contributed by atoms with E-state index in [2.05, 4.69) is 36.2 Å². The molecule has 0 saturated carbocycles. The fourth-order valence-electron chi connectivity index (χ4n) is 2.99. The van der Waals surface area contributed by atoms with Crippen molar-refractivity contribution in [3.05, 3.63) is 42.2 Å². The maximum Gasteiger partial charge on any atom is 0.229 e. The summed E-state index contributed by atoms with van der Waals surface area (Å²) in [5.74, 6) is 2.04. The van der Waals surface area contributed by atoms with Crippen molar-refractivity contribution in [1.82, 2.24) is 15.0 Å². The standard InChI is InChI=1S/C19H21N7O/c1-11-6-18(20-2)26-19(24-11)25-12-4-5-17(27-3)13(7-12)14-8-15-16(9-21-14)23-10-22-15/h4-9,22-23H,10H2,1-3H3,(H2,20,24,25,26). The number of hydrogen-bond acceptors (Lipinski definition) is 8. The fraction of sp³-hybridized carbons (Fsp3) is 0.211. The lowest BCUT2D eigenvalue weighted by Crippen LogP contribution is -2.02. The van der Waals surface area contributed by atoms with Gasteiger partial charge in [-0.15, -0.1) is 0 Å². The number of aromatic nitrogens is 3. The summed E-state index contributed by atoms with van der Waals surface area (Å²) in [7, 11) is 3.49. The van der Waals surface area contributed by atoms with Crippen molar-refractivity contribution in [3.8, 4) is 17.0 Å². The van der Waals surface area contributed by atoms with Crippen LogP contribution in [0.15, 0.2) is 36.5 Å². The second-order valence-corrected chi connectivity index (χ2v) is 6.15. The number of hydrogen-bond donors (Lipinski definition) is 4. The monoisotopic (exact) mass is 363 g/mol. The van der Waals surface area contributed by atoms with Crippen molar-refractivity contribution in [2.75, 3.05) is 42.1 Å². The number of pyridine rings is 1. The largest absolute Gasteiger partial charge is 0.496 e. The van der Waals surface area contributed by atoms with Crippen LogP contribution in [-0.2, 0) is 0 Å². The molecule has 1 aliphatic heterocycles. The van der Waals surface area contributed by atoms with Crippen molar-refractivity contribution >= 4 is 28.8 Å². The van der Waals surface area contributed by atoms with Crippen LogP contribution in [-0.4, -0.2) is 35.8 Å². The molecule has 0 bridgehead atoms. The summed E-state index contributed by atoms with van der Waals surface area (Å²) >= 11 is 0. The number of methoxy groups -OCH3 is 1. The minimum atomic E-state index is 0.531. The summed E-state index contributed by atoms with van der Waals surface area (Å²) in [5, 5.41) is 12.8. The Hall–Kier alpha value is -3.55. The Bertz CT molecular complexity index is 990. The SMILES string of the molecule is CNc1cc(C)nc(Nc2ccc(OC)c(-c3cc4c(cn3)NCN4)c2)n1. The number of fused-ring (bicyclic) bond motifs is 1. The highest BCUT2D eigenvalue weighted by Crippen LogP contribution is 2.36.